The first-order valence-corrected chi connectivity index (χ1v) is 3.77. The zero-order valence-corrected chi connectivity index (χ0v) is 6.51. The highest BCUT2D eigenvalue weighted by Crippen LogP contribution is 2.17. The van der Waals surface area contributed by atoms with E-state index in [2.05, 4.69) is 4.90 Å². The summed E-state index contributed by atoms with van der Waals surface area (Å²) in [4.78, 5) is 2.12. The second-order valence-electron chi connectivity index (χ2n) is 3.27. The average molecular weight is 144 g/mol. The Labute approximate surface area is 61.8 Å². The second-order valence-corrected chi connectivity index (χ2v) is 3.27. The molecule has 3 heteroatoms. The maximum atomic E-state index is 9.68. The van der Waals surface area contributed by atoms with Crippen molar-refractivity contribution in [2.45, 2.75) is 18.4 Å². The molecule has 60 valence electrons. The maximum absolute atomic E-state index is 9.68. The Bertz CT molecular complexity index is 118. The summed E-state index contributed by atoms with van der Waals surface area (Å²) in [7, 11) is 2.01. The summed E-state index contributed by atoms with van der Waals surface area (Å²) in [6, 6.07) is 0. The monoisotopic (exact) mass is 144 g/mol. The van der Waals surface area contributed by atoms with E-state index in [9.17, 15) is 5.11 Å². The Kier molecular flexibility index (Phi) is 2.28. The fourth-order valence-electron chi connectivity index (χ4n) is 1.51. The molecule has 1 atom stereocenters. The van der Waals surface area contributed by atoms with E-state index in [1.54, 1.807) is 0 Å². The normalized spacial score (nSPS) is 36.3. The van der Waals surface area contributed by atoms with Crippen molar-refractivity contribution in [3.8, 4) is 0 Å². The number of hydrogen-bond donors (Lipinski definition) is 2. The average Bonchev–Trinajstić information content (AvgIpc) is 1.88. The minimum atomic E-state index is -0.604. The van der Waals surface area contributed by atoms with Gasteiger partial charge < -0.3 is 15.7 Å². The molecule has 1 aliphatic rings. The number of likely N-dealkylation sites (tertiary alicyclic amines) is 1. The largest absolute Gasteiger partial charge is 0.387 e. The van der Waals surface area contributed by atoms with Gasteiger partial charge in [-0.25, -0.2) is 0 Å². The number of piperidine rings is 1. The Hall–Kier alpha value is -0.120. The van der Waals surface area contributed by atoms with Crippen LogP contribution < -0.4 is 5.73 Å². The summed E-state index contributed by atoms with van der Waals surface area (Å²) < 4.78 is 0. The summed E-state index contributed by atoms with van der Waals surface area (Å²) in [5, 5.41) is 9.68. The van der Waals surface area contributed by atoms with Crippen LogP contribution in [0.25, 0.3) is 0 Å². The van der Waals surface area contributed by atoms with E-state index >= 15 is 0 Å². The van der Waals surface area contributed by atoms with Gasteiger partial charge in [0.1, 0.15) is 0 Å². The molecular weight excluding hydrogens is 128 g/mol. The molecule has 1 rings (SSSR count). The van der Waals surface area contributed by atoms with Crippen molar-refractivity contribution in [2.24, 2.45) is 5.73 Å². The van der Waals surface area contributed by atoms with Gasteiger partial charge in [-0.15, -0.1) is 0 Å². The highest BCUT2D eigenvalue weighted by molar-refractivity contribution is 4.86. The van der Waals surface area contributed by atoms with Crippen LogP contribution in [0.1, 0.15) is 12.8 Å². The number of nitrogens with two attached hydrogens (primary N) is 1. The third-order valence-corrected chi connectivity index (χ3v) is 2.13. The van der Waals surface area contributed by atoms with Crippen LogP contribution in [0.2, 0.25) is 0 Å². The molecule has 10 heavy (non-hydrogen) atoms. The molecule has 0 radical (unpaired) electrons. The van der Waals surface area contributed by atoms with E-state index < -0.39 is 5.60 Å². The van der Waals surface area contributed by atoms with Crippen LogP contribution in [0.4, 0.5) is 0 Å². The molecule has 0 aliphatic carbocycles. The van der Waals surface area contributed by atoms with E-state index in [0.717, 1.165) is 25.9 Å². The zero-order chi connectivity index (χ0) is 7.61. The molecule has 0 spiro atoms. The SMILES string of the molecule is CN1CCC[C@](O)(CN)C1. The van der Waals surface area contributed by atoms with E-state index in [0.29, 0.717) is 6.54 Å². The minimum Gasteiger partial charge on any atom is -0.387 e. The number of nitrogens with zero attached hydrogens (tertiary/aromatic N) is 1. The van der Waals surface area contributed by atoms with Crippen molar-refractivity contribution in [2.75, 3.05) is 26.7 Å². The highest BCUT2D eigenvalue weighted by Gasteiger charge is 2.29. The molecule has 0 amide bonds. The molecule has 0 aromatic heterocycles. The fourth-order valence-corrected chi connectivity index (χ4v) is 1.51. The summed E-state index contributed by atoms with van der Waals surface area (Å²) in [5.74, 6) is 0. The third kappa shape index (κ3) is 1.68. The van der Waals surface area contributed by atoms with Gasteiger partial charge in [0, 0.05) is 13.1 Å². The summed E-state index contributed by atoms with van der Waals surface area (Å²) in [5.41, 5.74) is 4.82. The fraction of sp³-hybridized carbons (Fsp3) is 1.00. The van der Waals surface area contributed by atoms with Gasteiger partial charge in [-0.3, -0.25) is 0 Å². The lowest BCUT2D eigenvalue weighted by molar-refractivity contribution is -0.0151. The first-order valence-electron chi connectivity index (χ1n) is 3.77. The van der Waals surface area contributed by atoms with Crippen LogP contribution in [-0.2, 0) is 0 Å². The second kappa shape index (κ2) is 2.86. The Morgan fingerprint density at radius 3 is 2.80 bits per heavy atom. The topological polar surface area (TPSA) is 49.5 Å². The lowest BCUT2D eigenvalue weighted by Crippen LogP contribution is -2.51. The van der Waals surface area contributed by atoms with Gasteiger partial charge in [0.05, 0.1) is 5.60 Å². The minimum absolute atomic E-state index is 0.386. The molecule has 0 aromatic carbocycles. The first-order chi connectivity index (χ1) is 4.66. The number of hydrogen-bond acceptors (Lipinski definition) is 3. The molecule has 1 fully saturated rings. The Morgan fingerprint density at radius 1 is 1.70 bits per heavy atom. The molecule has 1 aliphatic heterocycles. The van der Waals surface area contributed by atoms with Gasteiger partial charge >= 0.3 is 0 Å². The van der Waals surface area contributed by atoms with Crippen molar-refractivity contribution >= 4 is 0 Å². The standard InChI is InChI=1S/C7H16N2O/c1-9-4-2-3-7(10,5-8)6-9/h10H,2-6,8H2,1H3/t7-/m0/s1. The third-order valence-electron chi connectivity index (χ3n) is 2.13. The Morgan fingerprint density at radius 2 is 2.40 bits per heavy atom. The van der Waals surface area contributed by atoms with Crippen molar-refractivity contribution in [3.05, 3.63) is 0 Å². The first kappa shape index (κ1) is 7.98. The number of likely N-dealkylation sites (N-methyl/N-ethyl adjacent to an activating group) is 1. The van der Waals surface area contributed by atoms with Gasteiger partial charge in [0.25, 0.3) is 0 Å². The van der Waals surface area contributed by atoms with Crippen LogP contribution in [0, 0.1) is 0 Å². The number of β-amino-alcohol motifs (C(OH)–C–C–N with tert-alkyl or cyclic N) is 1. The summed E-state index contributed by atoms with van der Waals surface area (Å²) in [6.45, 7) is 2.20. The number of rotatable bonds is 1. The molecule has 1 saturated heterocycles. The molecule has 1 heterocycles. The van der Waals surface area contributed by atoms with E-state index in [-0.39, 0.29) is 0 Å². The van der Waals surface area contributed by atoms with Crippen molar-refractivity contribution in [3.63, 3.8) is 0 Å². The van der Waals surface area contributed by atoms with E-state index in [4.69, 9.17) is 5.73 Å². The maximum Gasteiger partial charge on any atom is 0.0895 e. The van der Waals surface area contributed by atoms with Crippen LogP contribution in [0.3, 0.4) is 0 Å². The molecule has 3 N–H and O–H groups in total. The predicted octanol–water partition coefficient (Wildman–Crippen LogP) is -0.598. The van der Waals surface area contributed by atoms with Crippen LogP contribution in [-0.4, -0.2) is 42.3 Å². The predicted molar refractivity (Wildman–Crippen MR) is 40.7 cm³/mol. The van der Waals surface area contributed by atoms with Crippen molar-refractivity contribution in [1.29, 1.82) is 0 Å². The van der Waals surface area contributed by atoms with Crippen LogP contribution in [0.15, 0.2) is 0 Å². The lowest BCUT2D eigenvalue weighted by Gasteiger charge is -2.36. The van der Waals surface area contributed by atoms with E-state index in [1.165, 1.54) is 0 Å². The summed E-state index contributed by atoms with van der Waals surface area (Å²) >= 11 is 0. The number of aliphatic hydroxyl groups is 1. The van der Waals surface area contributed by atoms with Crippen LogP contribution in [0.5, 0.6) is 0 Å². The van der Waals surface area contributed by atoms with Gasteiger partial charge in [-0.05, 0) is 26.4 Å². The zero-order valence-electron chi connectivity index (χ0n) is 6.51. The molecule has 0 bridgehead atoms. The van der Waals surface area contributed by atoms with Gasteiger partial charge in [-0.1, -0.05) is 0 Å². The lowest BCUT2D eigenvalue weighted by atomic mass is 9.93. The Balaban J connectivity index is 2.45. The van der Waals surface area contributed by atoms with Gasteiger partial charge in [0.2, 0.25) is 0 Å². The summed E-state index contributed by atoms with van der Waals surface area (Å²) in [6.07, 6.45) is 1.91. The van der Waals surface area contributed by atoms with Crippen molar-refractivity contribution in [1.82, 2.24) is 4.90 Å². The quantitative estimate of drug-likeness (QED) is 0.517. The van der Waals surface area contributed by atoms with Gasteiger partial charge in [-0.2, -0.15) is 0 Å². The molecule has 0 unspecified atom stereocenters. The highest BCUT2D eigenvalue weighted by atomic mass is 16.3. The van der Waals surface area contributed by atoms with Crippen molar-refractivity contribution < 1.29 is 5.11 Å². The molecule has 0 saturated carbocycles. The van der Waals surface area contributed by atoms with Gasteiger partial charge in [0.15, 0.2) is 0 Å². The molecule has 3 nitrogen and oxygen atoms in total. The smallest absolute Gasteiger partial charge is 0.0895 e. The van der Waals surface area contributed by atoms with E-state index in [1.807, 2.05) is 7.05 Å². The molecular formula is C7H16N2O. The van der Waals surface area contributed by atoms with Crippen LogP contribution >= 0.6 is 0 Å². The molecule has 0 aromatic rings.